The third-order valence-electron chi connectivity index (χ3n) is 6.21. The number of benzene rings is 2. The largest absolute Gasteiger partial charge is 0.573 e. The lowest BCUT2D eigenvalue weighted by molar-refractivity contribution is -0.274. The molecule has 0 radical (unpaired) electrons. The highest BCUT2D eigenvalue weighted by Crippen LogP contribution is 2.30. The standard InChI is InChI=1S/C27H25F3N6O5/c1-3-15(2)21(25(38)39)33-24(37)18-7-6-14-36-22(34-35-23(18)36)16-10-12-17(13-11-16)31-26(40)32-19-8-4-5-9-20(19)41-27(28,29)30/h4-15,21H,3H2,1-2H3,(H,33,37)(H,38,39)(H2,31,32,40)/t15-,21-/m0/s1. The van der Waals surface area contributed by atoms with Gasteiger partial charge in [-0.05, 0) is 54.4 Å². The van der Waals surface area contributed by atoms with Crippen molar-refractivity contribution in [3.63, 3.8) is 0 Å². The Balaban J connectivity index is 1.49. The molecule has 0 saturated carbocycles. The van der Waals surface area contributed by atoms with E-state index in [1.165, 1.54) is 24.3 Å². The summed E-state index contributed by atoms with van der Waals surface area (Å²) in [5, 5.41) is 25.2. The Hall–Kier alpha value is -5.14. The molecule has 0 unspecified atom stereocenters. The summed E-state index contributed by atoms with van der Waals surface area (Å²) in [7, 11) is 0. The number of fused-ring (bicyclic) bond motifs is 1. The molecule has 3 amide bonds. The number of para-hydroxylation sites is 2. The van der Waals surface area contributed by atoms with Crippen molar-refractivity contribution in [1.82, 2.24) is 19.9 Å². The molecule has 0 saturated heterocycles. The van der Waals surface area contributed by atoms with Gasteiger partial charge in [0.25, 0.3) is 5.91 Å². The molecule has 14 heteroatoms. The first-order valence-corrected chi connectivity index (χ1v) is 12.4. The van der Waals surface area contributed by atoms with Crippen molar-refractivity contribution in [3.8, 4) is 17.1 Å². The Labute approximate surface area is 231 Å². The number of carboxylic acid groups (broad SMARTS) is 1. The summed E-state index contributed by atoms with van der Waals surface area (Å²) in [4.78, 5) is 37.0. The van der Waals surface area contributed by atoms with Crippen molar-refractivity contribution >= 4 is 34.9 Å². The van der Waals surface area contributed by atoms with Gasteiger partial charge in [0.2, 0.25) is 0 Å². The summed E-state index contributed by atoms with van der Waals surface area (Å²) < 4.78 is 43.4. The summed E-state index contributed by atoms with van der Waals surface area (Å²) in [5.74, 6) is -2.21. The van der Waals surface area contributed by atoms with Gasteiger partial charge in [-0.3, -0.25) is 9.20 Å². The number of aliphatic carboxylic acids is 1. The number of rotatable bonds is 9. The van der Waals surface area contributed by atoms with Gasteiger partial charge >= 0.3 is 18.4 Å². The topological polar surface area (TPSA) is 147 Å². The first kappa shape index (κ1) is 28.9. The van der Waals surface area contributed by atoms with E-state index in [9.17, 15) is 32.7 Å². The van der Waals surface area contributed by atoms with Crippen LogP contribution in [-0.2, 0) is 4.79 Å². The fourth-order valence-electron chi connectivity index (χ4n) is 3.96. The number of hydrogen-bond acceptors (Lipinski definition) is 6. The number of nitrogens with zero attached hydrogens (tertiary/aromatic N) is 3. The molecule has 0 bridgehead atoms. The van der Waals surface area contributed by atoms with Crippen molar-refractivity contribution < 1.29 is 37.4 Å². The zero-order chi connectivity index (χ0) is 29.7. The monoisotopic (exact) mass is 570 g/mol. The average molecular weight is 571 g/mol. The van der Waals surface area contributed by atoms with Gasteiger partial charge in [-0.25, -0.2) is 9.59 Å². The van der Waals surface area contributed by atoms with Crippen LogP contribution >= 0.6 is 0 Å². The summed E-state index contributed by atoms with van der Waals surface area (Å²) in [5.41, 5.74) is 1.10. The molecule has 2 atom stereocenters. The normalized spacial score (nSPS) is 12.8. The third kappa shape index (κ3) is 6.90. The van der Waals surface area contributed by atoms with Crippen LogP contribution in [0.4, 0.5) is 29.3 Å². The number of carbonyl (C=O) groups excluding carboxylic acids is 2. The Bertz CT molecular complexity index is 1570. The summed E-state index contributed by atoms with van der Waals surface area (Å²) in [6.45, 7) is 3.57. The molecule has 4 rings (SSSR count). The number of carboxylic acids is 1. The molecule has 0 spiro atoms. The molecule has 11 nitrogen and oxygen atoms in total. The number of urea groups is 1. The second-order valence-electron chi connectivity index (χ2n) is 9.01. The quantitative estimate of drug-likeness (QED) is 0.217. The van der Waals surface area contributed by atoms with Crippen molar-refractivity contribution in [2.75, 3.05) is 10.6 Å². The number of carbonyl (C=O) groups is 3. The minimum Gasteiger partial charge on any atom is -0.480 e. The van der Waals surface area contributed by atoms with Crippen molar-refractivity contribution in [2.24, 2.45) is 5.92 Å². The van der Waals surface area contributed by atoms with Crippen molar-refractivity contribution in [2.45, 2.75) is 32.7 Å². The van der Waals surface area contributed by atoms with Gasteiger partial charge in [-0.1, -0.05) is 32.4 Å². The maximum atomic E-state index is 12.9. The van der Waals surface area contributed by atoms with Gasteiger partial charge in [0.05, 0.1) is 11.3 Å². The Morgan fingerprint density at radius 1 is 1.00 bits per heavy atom. The van der Waals surface area contributed by atoms with Gasteiger partial charge in [-0.2, -0.15) is 0 Å². The minimum absolute atomic E-state index is 0.144. The molecule has 0 aliphatic carbocycles. The van der Waals surface area contributed by atoms with E-state index in [0.29, 0.717) is 23.5 Å². The van der Waals surface area contributed by atoms with Crippen LogP contribution in [0.1, 0.15) is 30.6 Å². The van der Waals surface area contributed by atoms with E-state index < -0.39 is 36.1 Å². The second kappa shape index (κ2) is 11.9. The van der Waals surface area contributed by atoms with E-state index in [0.717, 1.165) is 6.07 Å². The van der Waals surface area contributed by atoms with E-state index in [1.807, 2.05) is 6.92 Å². The molecule has 0 fully saturated rings. The minimum atomic E-state index is -4.92. The van der Waals surface area contributed by atoms with E-state index >= 15 is 0 Å². The predicted octanol–water partition coefficient (Wildman–Crippen LogP) is 5.17. The van der Waals surface area contributed by atoms with Gasteiger partial charge in [0, 0.05) is 17.4 Å². The van der Waals surface area contributed by atoms with E-state index in [1.54, 1.807) is 47.9 Å². The fraction of sp³-hybridized carbons (Fsp3) is 0.222. The summed E-state index contributed by atoms with van der Waals surface area (Å²) in [6.07, 6.45) is -2.72. The van der Waals surface area contributed by atoms with Crippen LogP contribution in [0.25, 0.3) is 17.0 Å². The SMILES string of the molecule is CC[C@H](C)[C@H](NC(=O)c1cccn2c(-c3ccc(NC(=O)Nc4ccccc4OC(F)(F)F)cc3)nnc12)C(=O)O. The molecule has 0 aliphatic heterocycles. The lowest BCUT2D eigenvalue weighted by Gasteiger charge is -2.20. The second-order valence-corrected chi connectivity index (χ2v) is 9.01. The maximum absolute atomic E-state index is 12.9. The predicted molar refractivity (Wildman–Crippen MR) is 143 cm³/mol. The van der Waals surface area contributed by atoms with Gasteiger partial charge < -0.3 is 25.8 Å². The van der Waals surface area contributed by atoms with Crippen molar-refractivity contribution in [1.29, 1.82) is 0 Å². The molecule has 2 aromatic carbocycles. The molecule has 41 heavy (non-hydrogen) atoms. The van der Waals surface area contributed by atoms with E-state index in [4.69, 9.17) is 0 Å². The lowest BCUT2D eigenvalue weighted by Crippen LogP contribution is -2.45. The summed E-state index contributed by atoms with van der Waals surface area (Å²) in [6, 6.07) is 12.7. The number of hydrogen-bond donors (Lipinski definition) is 4. The molecule has 2 aromatic heterocycles. The first-order valence-electron chi connectivity index (χ1n) is 12.4. The number of amides is 3. The van der Waals surface area contributed by atoms with Crippen LogP contribution in [-0.4, -0.2) is 50.0 Å². The number of pyridine rings is 1. The van der Waals surface area contributed by atoms with E-state index in [2.05, 4.69) is 30.9 Å². The molecule has 0 aliphatic rings. The number of anilines is 2. The van der Waals surface area contributed by atoms with Crippen LogP contribution in [0, 0.1) is 5.92 Å². The molecule has 2 heterocycles. The zero-order valence-corrected chi connectivity index (χ0v) is 21.8. The van der Waals surface area contributed by atoms with Crippen molar-refractivity contribution in [3.05, 3.63) is 72.4 Å². The van der Waals surface area contributed by atoms with Crippen LogP contribution < -0.4 is 20.7 Å². The summed E-state index contributed by atoms with van der Waals surface area (Å²) >= 11 is 0. The number of ether oxygens (including phenoxy) is 1. The third-order valence-corrected chi connectivity index (χ3v) is 6.21. The molecule has 4 aromatic rings. The maximum Gasteiger partial charge on any atom is 0.573 e. The highest BCUT2D eigenvalue weighted by atomic mass is 19.4. The van der Waals surface area contributed by atoms with E-state index in [-0.39, 0.29) is 22.8 Å². The number of halogens is 3. The zero-order valence-electron chi connectivity index (χ0n) is 21.8. The smallest absolute Gasteiger partial charge is 0.480 e. The molecule has 214 valence electrons. The highest BCUT2D eigenvalue weighted by molar-refractivity contribution is 6.02. The Morgan fingerprint density at radius 3 is 2.37 bits per heavy atom. The number of nitrogens with one attached hydrogen (secondary N) is 3. The fourth-order valence-corrected chi connectivity index (χ4v) is 3.96. The van der Waals surface area contributed by atoms with Crippen LogP contribution in [0.15, 0.2) is 66.9 Å². The Kier molecular flexibility index (Phi) is 8.40. The number of aromatic nitrogens is 3. The first-order chi connectivity index (χ1) is 19.5. The average Bonchev–Trinajstić information content (AvgIpc) is 3.36. The lowest BCUT2D eigenvalue weighted by atomic mass is 9.99. The molecular weight excluding hydrogens is 545 g/mol. The van der Waals surface area contributed by atoms with Gasteiger partial charge in [0.15, 0.2) is 17.2 Å². The Morgan fingerprint density at radius 2 is 1.71 bits per heavy atom. The highest BCUT2D eigenvalue weighted by Gasteiger charge is 2.32. The van der Waals surface area contributed by atoms with Crippen LogP contribution in [0.2, 0.25) is 0 Å². The number of alkyl halides is 3. The molecular formula is C27H25F3N6O5. The van der Waals surface area contributed by atoms with Crippen LogP contribution in [0.5, 0.6) is 5.75 Å². The van der Waals surface area contributed by atoms with Gasteiger partial charge in [-0.15, -0.1) is 23.4 Å². The van der Waals surface area contributed by atoms with Crippen LogP contribution in [0.3, 0.4) is 0 Å². The molecule has 4 N–H and O–H groups in total. The van der Waals surface area contributed by atoms with Gasteiger partial charge in [0.1, 0.15) is 6.04 Å².